The second kappa shape index (κ2) is 9.33. The van der Waals surface area contributed by atoms with Crippen molar-refractivity contribution in [1.82, 2.24) is 4.90 Å². The van der Waals surface area contributed by atoms with Gasteiger partial charge in [0.2, 0.25) is 5.91 Å². The average Bonchev–Trinajstić information content (AvgIpc) is 2.56. The molecule has 0 fully saturated rings. The Kier molecular flexibility index (Phi) is 7.13. The van der Waals surface area contributed by atoms with Crippen LogP contribution in [0.15, 0.2) is 53.4 Å². The fourth-order valence-corrected chi connectivity index (χ4v) is 2.99. The van der Waals surface area contributed by atoms with E-state index in [4.69, 9.17) is 16.9 Å². The van der Waals surface area contributed by atoms with Crippen molar-refractivity contribution in [1.29, 1.82) is 5.26 Å². The van der Waals surface area contributed by atoms with Crippen molar-refractivity contribution in [3.63, 3.8) is 0 Å². The molecule has 0 bridgehead atoms. The monoisotopic (exact) mass is 359 g/mol. The lowest BCUT2D eigenvalue weighted by molar-refractivity contribution is -0.117. The van der Waals surface area contributed by atoms with Gasteiger partial charge in [0.05, 0.1) is 24.1 Å². The van der Waals surface area contributed by atoms with Crippen molar-refractivity contribution >= 4 is 35.0 Å². The Morgan fingerprint density at radius 2 is 1.96 bits per heavy atom. The van der Waals surface area contributed by atoms with Gasteiger partial charge in [-0.25, -0.2) is 0 Å². The minimum absolute atomic E-state index is 0.0866. The van der Waals surface area contributed by atoms with Gasteiger partial charge in [0.25, 0.3) is 0 Å². The first-order chi connectivity index (χ1) is 11.6. The molecule has 4 nitrogen and oxygen atoms in total. The Morgan fingerprint density at radius 3 is 2.67 bits per heavy atom. The van der Waals surface area contributed by atoms with Gasteiger partial charge < -0.3 is 5.32 Å². The number of rotatable bonds is 7. The molecule has 2 rings (SSSR count). The summed E-state index contributed by atoms with van der Waals surface area (Å²) in [5.74, 6) is 0.264. The molecule has 0 aliphatic carbocycles. The number of carbonyl (C=O) groups is 1. The Hall–Kier alpha value is -2.00. The summed E-state index contributed by atoms with van der Waals surface area (Å²) < 4.78 is 0. The second-order valence-corrected chi connectivity index (χ2v) is 6.74. The molecule has 124 valence electrons. The van der Waals surface area contributed by atoms with Gasteiger partial charge in [-0.2, -0.15) is 5.26 Å². The van der Waals surface area contributed by atoms with Gasteiger partial charge in [-0.3, -0.25) is 9.69 Å². The van der Waals surface area contributed by atoms with Crippen LogP contribution in [0.1, 0.15) is 5.56 Å². The number of thioether (sulfide) groups is 1. The molecule has 0 saturated carbocycles. The molecule has 0 heterocycles. The minimum atomic E-state index is -0.0866. The summed E-state index contributed by atoms with van der Waals surface area (Å²) in [6, 6.07) is 17.2. The van der Waals surface area contributed by atoms with Crippen LogP contribution in [0.25, 0.3) is 0 Å². The Bertz CT molecular complexity index is 728. The van der Waals surface area contributed by atoms with E-state index in [2.05, 4.69) is 11.4 Å². The Labute approximate surface area is 151 Å². The van der Waals surface area contributed by atoms with Crippen LogP contribution in [0.5, 0.6) is 0 Å². The van der Waals surface area contributed by atoms with E-state index >= 15 is 0 Å². The quantitative estimate of drug-likeness (QED) is 0.758. The van der Waals surface area contributed by atoms with E-state index in [1.54, 1.807) is 0 Å². The highest BCUT2D eigenvalue weighted by Crippen LogP contribution is 2.26. The molecule has 0 spiro atoms. The van der Waals surface area contributed by atoms with Gasteiger partial charge in [0.1, 0.15) is 0 Å². The minimum Gasteiger partial charge on any atom is -0.324 e. The van der Waals surface area contributed by atoms with Crippen LogP contribution in [0.2, 0.25) is 5.02 Å². The topological polar surface area (TPSA) is 56.1 Å². The van der Waals surface area contributed by atoms with E-state index in [1.807, 2.05) is 60.5 Å². The van der Waals surface area contributed by atoms with Gasteiger partial charge in [-0.15, -0.1) is 11.8 Å². The molecule has 1 amide bonds. The lowest BCUT2D eigenvalue weighted by Crippen LogP contribution is -2.30. The molecule has 1 N–H and O–H groups in total. The lowest BCUT2D eigenvalue weighted by atomic mass is 10.2. The highest BCUT2D eigenvalue weighted by molar-refractivity contribution is 7.99. The summed E-state index contributed by atoms with van der Waals surface area (Å²) in [7, 11) is 1.89. The van der Waals surface area contributed by atoms with Gasteiger partial charge in [-0.05, 0) is 36.9 Å². The van der Waals surface area contributed by atoms with E-state index in [0.717, 1.165) is 16.1 Å². The van der Waals surface area contributed by atoms with Crippen LogP contribution in [0.3, 0.4) is 0 Å². The molecule has 24 heavy (non-hydrogen) atoms. The maximum absolute atomic E-state index is 12.2. The summed E-state index contributed by atoms with van der Waals surface area (Å²) in [4.78, 5) is 15.1. The number of para-hydroxylation sites is 1. The van der Waals surface area contributed by atoms with Gasteiger partial charge in [0, 0.05) is 16.5 Å². The Balaban J connectivity index is 1.91. The third kappa shape index (κ3) is 5.89. The number of amides is 1. The van der Waals surface area contributed by atoms with Crippen LogP contribution < -0.4 is 5.32 Å². The number of hydrogen-bond acceptors (Lipinski definition) is 4. The number of hydrogen-bond donors (Lipinski definition) is 1. The molecule has 0 aliphatic heterocycles. The lowest BCUT2D eigenvalue weighted by Gasteiger charge is -2.17. The van der Waals surface area contributed by atoms with Crippen molar-refractivity contribution in [2.45, 2.75) is 11.4 Å². The largest absolute Gasteiger partial charge is 0.324 e. The van der Waals surface area contributed by atoms with E-state index in [-0.39, 0.29) is 12.5 Å². The van der Waals surface area contributed by atoms with Crippen molar-refractivity contribution in [2.24, 2.45) is 0 Å². The fraction of sp³-hybridized carbons (Fsp3) is 0.222. The predicted octanol–water partition coefficient (Wildman–Crippen LogP) is 4.03. The van der Waals surface area contributed by atoms with Crippen LogP contribution in [-0.4, -0.2) is 30.2 Å². The zero-order valence-corrected chi connectivity index (χ0v) is 14.9. The smallest absolute Gasteiger partial charge is 0.238 e. The zero-order valence-electron chi connectivity index (χ0n) is 13.3. The summed E-state index contributed by atoms with van der Waals surface area (Å²) in [5, 5.41) is 12.3. The summed E-state index contributed by atoms with van der Waals surface area (Å²) >= 11 is 7.28. The number of anilines is 1. The van der Waals surface area contributed by atoms with E-state index in [0.29, 0.717) is 17.3 Å². The maximum atomic E-state index is 12.2. The number of carbonyl (C=O) groups excluding carboxylic acids is 1. The molecular weight excluding hydrogens is 342 g/mol. The number of likely N-dealkylation sites (N-methyl/N-ethyl adjacent to an activating group) is 1. The van der Waals surface area contributed by atoms with Gasteiger partial charge in [-0.1, -0.05) is 35.9 Å². The van der Waals surface area contributed by atoms with Gasteiger partial charge >= 0.3 is 0 Å². The van der Waals surface area contributed by atoms with Crippen LogP contribution in [-0.2, 0) is 11.3 Å². The highest BCUT2D eigenvalue weighted by atomic mass is 35.5. The SMILES string of the molecule is CN(CC(=O)Nc1ccccc1SCC#N)Cc1ccc(Cl)cc1. The first-order valence-corrected chi connectivity index (χ1v) is 8.76. The molecule has 0 aliphatic rings. The van der Waals surface area contributed by atoms with Crippen LogP contribution in [0, 0.1) is 11.3 Å². The number of benzene rings is 2. The fourth-order valence-electron chi connectivity index (χ4n) is 2.20. The summed E-state index contributed by atoms with van der Waals surface area (Å²) in [6.45, 7) is 0.940. The standard InChI is InChI=1S/C18H18ClN3OS/c1-22(12-14-6-8-15(19)9-7-14)13-18(23)21-16-4-2-3-5-17(16)24-11-10-20/h2-9H,11-13H2,1H3,(H,21,23). The molecule has 0 unspecified atom stereocenters. The van der Waals surface area contributed by atoms with E-state index < -0.39 is 0 Å². The first-order valence-electron chi connectivity index (χ1n) is 7.40. The van der Waals surface area contributed by atoms with E-state index in [9.17, 15) is 4.79 Å². The third-order valence-corrected chi connectivity index (χ3v) is 4.43. The van der Waals surface area contributed by atoms with Crippen LogP contribution >= 0.6 is 23.4 Å². The molecule has 0 radical (unpaired) electrons. The zero-order chi connectivity index (χ0) is 17.4. The normalized spacial score (nSPS) is 10.4. The van der Waals surface area contributed by atoms with Crippen molar-refractivity contribution in [2.75, 3.05) is 24.7 Å². The van der Waals surface area contributed by atoms with Crippen LogP contribution in [0.4, 0.5) is 5.69 Å². The Morgan fingerprint density at radius 1 is 1.25 bits per heavy atom. The second-order valence-electron chi connectivity index (χ2n) is 5.29. The maximum Gasteiger partial charge on any atom is 0.238 e. The number of halogens is 1. The molecule has 0 atom stereocenters. The van der Waals surface area contributed by atoms with Crippen molar-refractivity contribution in [3.05, 3.63) is 59.1 Å². The molecule has 0 saturated heterocycles. The number of nitrogens with zero attached hydrogens (tertiary/aromatic N) is 2. The first kappa shape index (κ1) is 18.3. The third-order valence-electron chi connectivity index (χ3n) is 3.23. The molecular formula is C18H18ClN3OS. The molecule has 2 aromatic rings. The summed E-state index contributed by atoms with van der Waals surface area (Å²) in [5.41, 5.74) is 1.84. The number of nitrogens with one attached hydrogen (secondary N) is 1. The molecule has 6 heteroatoms. The van der Waals surface area contributed by atoms with Gasteiger partial charge in [0.15, 0.2) is 0 Å². The average molecular weight is 360 g/mol. The predicted molar refractivity (Wildman–Crippen MR) is 99.2 cm³/mol. The number of nitriles is 1. The molecule has 2 aromatic carbocycles. The van der Waals surface area contributed by atoms with E-state index in [1.165, 1.54) is 11.8 Å². The van der Waals surface area contributed by atoms with Crippen molar-refractivity contribution < 1.29 is 4.79 Å². The van der Waals surface area contributed by atoms with Crippen molar-refractivity contribution in [3.8, 4) is 6.07 Å². The molecule has 0 aromatic heterocycles. The highest BCUT2D eigenvalue weighted by Gasteiger charge is 2.10. The summed E-state index contributed by atoms with van der Waals surface area (Å²) in [6.07, 6.45) is 0.